The fourth-order valence-corrected chi connectivity index (χ4v) is 3.47. The first-order valence-electron chi connectivity index (χ1n) is 12.1. The smallest absolute Gasteiger partial charge is 0.489 e. The molecule has 5 N–H and O–H groups in total. The van der Waals surface area contributed by atoms with Crippen molar-refractivity contribution < 1.29 is 56.0 Å². The van der Waals surface area contributed by atoms with Crippen molar-refractivity contribution >= 4 is 23.3 Å². The maximum Gasteiger partial charge on any atom is 0.490 e. The number of aliphatic hydroxyl groups is 1. The summed E-state index contributed by atoms with van der Waals surface area (Å²) in [6.07, 6.45) is -4.17. The first-order chi connectivity index (χ1) is 19.7. The average molecular weight is 621 g/mol. The van der Waals surface area contributed by atoms with E-state index in [1.54, 1.807) is 30.8 Å². The van der Waals surface area contributed by atoms with E-state index in [0.717, 1.165) is 36.5 Å². The number of aliphatic carboxylic acids is 2. The first-order valence-corrected chi connectivity index (χ1v) is 12.1. The van der Waals surface area contributed by atoms with Crippen molar-refractivity contribution in [2.24, 2.45) is 5.73 Å². The average Bonchev–Trinajstić information content (AvgIpc) is 3.52. The second kappa shape index (κ2) is 13.6. The number of nitrogens with two attached hydrogens (primary N) is 1. The number of fused-ring (bicyclic) bond motifs is 1. The van der Waals surface area contributed by atoms with Crippen LogP contribution in [0.1, 0.15) is 25.8 Å². The van der Waals surface area contributed by atoms with Gasteiger partial charge in [0.15, 0.2) is 0 Å². The van der Waals surface area contributed by atoms with Crippen LogP contribution < -0.4 is 15.4 Å². The summed E-state index contributed by atoms with van der Waals surface area (Å²) in [6.45, 7) is 5.20. The molecule has 0 bridgehead atoms. The lowest BCUT2D eigenvalue weighted by Gasteiger charge is -2.19. The third-order valence-corrected chi connectivity index (χ3v) is 5.39. The van der Waals surface area contributed by atoms with E-state index in [9.17, 15) is 36.7 Å². The Labute approximate surface area is 239 Å². The van der Waals surface area contributed by atoms with Gasteiger partial charge in [0, 0.05) is 36.5 Å². The molecule has 0 aliphatic carbocycles. The number of carboxylic acids is 2. The number of nitriles is 1. The minimum Gasteiger partial charge on any atom is -0.489 e. The highest BCUT2D eigenvalue weighted by atomic mass is 19.4. The summed E-state index contributed by atoms with van der Waals surface area (Å²) in [4.78, 5) is 24.6. The Morgan fingerprint density at radius 3 is 2.12 bits per heavy atom. The molecule has 0 amide bonds. The second-order valence-corrected chi connectivity index (χ2v) is 9.66. The Morgan fingerprint density at radius 2 is 1.70 bits per heavy atom. The van der Waals surface area contributed by atoms with Gasteiger partial charge in [0.25, 0.3) is 0 Å². The second-order valence-electron chi connectivity index (χ2n) is 9.66. The van der Waals surface area contributed by atoms with E-state index in [2.05, 4.69) is 21.1 Å². The Balaban J connectivity index is 0.000000384. The molecule has 3 aromatic heterocycles. The zero-order valence-electron chi connectivity index (χ0n) is 22.5. The molecule has 18 heteroatoms. The number of carbonyl (C=O) groups is 2. The standard InChI is InChI=1S/C21H24N6O2.2C2HF3O2/c1-21(2,28)13-29-17-7-18(20-15(8-22)10-25-27(20)12-17)14-3-4-19(24-9-14)26-6-5-16(23)11-26;2*3-2(4,5)1(6)7/h3-4,7,9-10,12,16,28H,5-6,11,13,23H2,1-2H3;2*(H,6,7). The van der Waals surface area contributed by atoms with Crippen LogP contribution in [-0.2, 0) is 9.59 Å². The van der Waals surface area contributed by atoms with E-state index in [1.807, 2.05) is 18.2 Å². The number of ether oxygens (including phenoxy) is 1. The van der Waals surface area contributed by atoms with E-state index in [-0.39, 0.29) is 12.6 Å². The van der Waals surface area contributed by atoms with Gasteiger partial charge in [-0.15, -0.1) is 0 Å². The lowest BCUT2D eigenvalue weighted by atomic mass is 10.1. The fraction of sp³-hybridized carbons (Fsp3) is 0.400. The largest absolute Gasteiger partial charge is 0.490 e. The molecule has 1 saturated heterocycles. The molecule has 43 heavy (non-hydrogen) atoms. The fourth-order valence-electron chi connectivity index (χ4n) is 3.47. The van der Waals surface area contributed by atoms with Gasteiger partial charge in [-0.3, -0.25) is 0 Å². The topological polar surface area (TPSA) is 187 Å². The van der Waals surface area contributed by atoms with Gasteiger partial charge in [-0.1, -0.05) is 0 Å². The van der Waals surface area contributed by atoms with E-state index in [0.29, 0.717) is 16.8 Å². The van der Waals surface area contributed by atoms with Gasteiger partial charge in [-0.25, -0.2) is 19.1 Å². The predicted octanol–water partition coefficient (Wildman–Crippen LogP) is 3.22. The zero-order chi connectivity index (χ0) is 32.8. The highest BCUT2D eigenvalue weighted by Gasteiger charge is 2.38. The van der Waals surface area contributed by atoms with Crippen LogP contribution in [0.5, 0.6) is 5.75 Å². The number of hydrogen-bond acceptors (Lipinski definition) is 9. The molecule has 1 fully saturated rings. The summed E-state index contributed by atoms with van der Waals surface area (Å²) in [5, 5.41) is 38.0. The number of halogens is 6. The minimum atomic E-state index is -5.08. The molecule has 1 aliphatic rings. The van der Waals surface area contributed by atoms with Crippen LogP contribution in [0.2, 0.25) is 0 Å². The summed E-state index contributed by atoms with van der Waals surface area (Å²) >= 11 is 0. The molecule has 1 atom stereocenters. The maximum absolute atomic E-state index is 10.6. The SMILES string of the molecule is CC(C)(O)COc1cc(-c2ccc(N3CCC(N)C3)nc2)c2c(C#N)cnn2c1.O=C(O)C(F)(F)F.O=C(O)C(F)(F)F. The molecule has 0 spiro atoms. The van der Waals surface area contributed by atoms with Crippen LogP contribution in [0.4, 0.5) is 32.2 Å². The van der Waals surface area contributed by atoms with Crippen molar-refractivity contribution in [2.75, 3.05) is 24.6 Å². The van der Waals surface area contributed by atoms with Crippen LogP contribution in [0, 0.1) is 11.3 Å². The predicted molar refractivity (Wildman–Crippen MR) is 137 cm³/mol. The van der Waals surface area contributed by atoms with Gasteiger partial charge in [0.1, 0.15) is 24.2 Å². The van der Waals surface area contributed by atoms with Crippen LogP contribution in [0.15, 0.2) is 36.8 Å². The molecule has 3 aromatic rings. The van der Waals surface area contributed by atoms with E-state index in [4.69, 9.17) is 30.3 Å². The van der Waals surface area contributed by atoms with E-state index >= 15 is 0 Å². The monoisotopic (exact) mass is 620 g/mol. The summed E-state index contributed by atoms with van der Waals surface area (Å²) in [6, 6.07) is 8.18. The van der Waals surface area contributed by atoms with E-state index < -0.39 is 29.9 Å². The van der Waals surface area contributed by atoms with E-state index in [1.165, 1.54) is 6.20 Å². The molecule has 1 aliphatic heterocycles. The van der Waals surface area contributed by atoms with Gasteiger partial charge >= 0.3 is 24.3 Å². The third kappa shape index (κ3) is 10.3. The van der Waals surface area contributed by atoms with Gasteiger partial charge in [-0.2, -0.15) is 36.7 Å². The number of nitrogens with zero attached hydrogens (tertiary/aromatic N) is 5. The van der Waals surface area contributed by atoms with Crippen molar-refractivity contribution in [2.45, 2.75) is 44.3 Å². The minimum absolute atomic E-state index is 0.136. The molecule has 12 nitrogen and oxygen atoms in total. The number of rotatable bonds is 5. The number of anilines is 1. The number of pyridine rings is 2. The molecule has 0 radical (unpaired) electrons. The number of aromatic nitrogens is 3. The molecular weight excluding hydrogens is 594 g/mol. The molecule has 1 unspecified atom stereocenters. The molecular formula is C25H26F6N6O6. The summed E-state index contributed by atoms with van der Waals surface area (Å²) in [5.41, 5.74) is 7.86. The number of carboxylic acid groups (broad SMARTS) is 2. The molecule has 234 valence electrons. The Kier molecular flexibility index (Phi) is 10.9. The van der Waals surface area contributed by atoms with Crippen LogP contribution >= 0.6 is 0 Å². The van der Waals surface area contributed by atoms with Crippen molar-refractivity contribution in [3.63, 3.8) is 0 Å². The van der Waals surface area contributed by atoms with Crippen molar-refractivity contribution in [3.8, 4) is 22.9 Å². The molecule has 4 rings (SSSR count). The summed E-state index contributed by atoms with van der Waals surface area (Å²) in [7, 11) is 0. The molecule has 4 heterocycles. The number of alkyl halides is 6. The Bertz CT molecular complexity index is 1440. The Hall–Kier alpha value is -4.63. The molecule has 0 aromatic carbocycles. The lowest BCUT2D eigenvalue weighted by Crippen LogP contribution is -2.27. The normalized spacial score (nSPS) is 15.1. The highest BCUT2D eigenvalue weighted by Crippen LogP contribution is 2.32. The first kappa shape index (κ1) is 34.6. The summed E-state index contributed by atoms with van der Waals surface area (Å²) in [5.74, 6) is -4.07. The van der Waals surface area contributed by atoms with Crippen molar-refractivity contribution in [1.82, 2.24) is 14.6 Å². The zero-order valence-corrected chi connectivity index (χ0v) is 22.5. The highest BCUT2D eigenvalue weighted by molar-refractivity contribution is 5.85. The van der Waals surface area contributed by atoms with Crippen LogP contribution in [0.25, 0.3) is 16.6 Å². The Morgan fingerprint density at radius 1 is 1.12 bits per heavy atom. The quantitative estimate of drug-likeness (QED) is 0.307. The van der Waals surface area contributed by atoms with Gasteiger partial charge in [0.05, 0.1) is 29.1 Å². The van der Waals surface area contributed by atoms with Gasteiger partial charge < -0.3 is 30.7 Å². The lowest BCUT2D eigenvalue weighted by molar-refractivity contribution is -0.193. The van der Waals surface area contributed by atoms with Crippen molar-refractivity contribution in [1.29, 1.82) is 5.26 Å². The maximum atomic E-state index is 10.6. The third-order valence-electron chi connectivity index (χ3n) is 5.39. The number of hydrogen-bond donors (Lipinski definition) is 4. The summed E-state index contributed by atoms with van der Waals surface area (Å²) < 4.78 is 70.9. The van der Waals surface area contributed by atoms with Crippen molar-refractivity contribution in [3.05, 3.63) is 42.4 Å². The van der Waals surface area contributed by atoms with Gasteiger partial charge in [0.2, 0.25) is 0 Å². The van der Waals surface area contributed by atoms with Crippen LogP contribution in [-0.4, -0.2) is 85.5 Å². The van der Waals surface area contributed by atoms with Gasteiger partial charge in [-0.05, 0) is 38.5 Å². The van der Waals surface area contributed by atoms with Crippen LogP contribution in [0.3, 0.4) is 0 Å². The molecule has 0 saturated carbocycles.